The third kappa shape index (κ3) is 7.08. The van der Waals surface area contributed by atoms with Crippen molar-refractivity contribution < 1.29 is 4.79 Å². The molecule has 0 saturated heterocycles. The Morgan fingerprint density at radius 3 is 1.97 bits per heavy atom. The van der Waals surface area contributed by atoms with Crippen LogP contribution in [0.2, 0.25) is 5.02 Å². The molecule has 0 saturated carbocycles. The second kappa shape index (κ2) is 12.2. The van der Waals surface area contributed by atoms with Crippen molar-refractivity contribution in [2.45, 2.75) is 39.8 Å². The minimum atomic E-state index is -0.270. The van der Waals surface area contributed by atoms with E-state index in [1.165, 1.54) is 11.3 Å². The first-order valence-corrected chi connectivity index (χ1v) is 11.2. The zero-order chi connectivity index (χ0) is 22.7. The van der Waals surface area contributed by atoms with Gasteiger partial charge < -0.3 is 16.8 Å². The molecule has 10 heteroatoms. The van der Waals surface area contributed by atoms with Crippen LogP contribution in [0.25, 0.3) is 10.1 Å². The molecule has 6 nitrogen and oxygen atoms in total. The lowest BCUT2D eigenvalue weighted by molar-refractivity contribution is 0.103. The molecule has 0 aliphatic heterocycles. The van der Waals surface area contributed by atoms with Crippen molar-refractivity contribution in [2.24, 2.45) is 21.5 Å². The van der Waals surface area contributed by atoms with Crippen LogP contribution in [0.15, 0.2) is 52.4 Å². The van der Waals surface area contributed by atoms with Crippen LogP contribution in [0.5, 0.6) is 0 Å². The highest BCUT2D eigenvalue weighted by Crippen LogP contribution is 2.36. The molecule has 0 unspecified atom stereocenters. The maximum Gasteiger partial charge on any atom is 0.267 e. The van der Waals surface area contributed by atoms with Gasteiger partial charge in [0.1, 0.15) is 16.5 Å². The Kier molecular flexibility index (Phi) is 10.6. The third-order valence-electron chi connectivity index (χ3n) is 4.36. The number of nitrogens with zero attached hydrogens (tertiary/aromatic N) is 2. The Bertz CT molecular complexity index is 1170. The topological polar surface area (TPSA) is 106 Å². The molecule has 2 aromatic carbocycles. The molecule has 3 rings (SSSR count). The lowest BCUT2D eigenvalue weighted by Gasteiger charge is -2.07. The quantitative estimate of drug-likeness (QED) is 0.275. The van der Waals surface area contributed by atoms with Crippen LogP contribution in [-0.2, 0) is 0 Å². The number of hydrogen-bond acceptors (Lipinski definition) is 4. The molecule has 178 valence electrons. The van der Waals surface area contributed by atoms with Crippen molar-refractivity contribution in [1.29, 1.82) is 0 Å². The van der Waals surface area contributed by atoms with Gasteiger partial charge in [0.05, 0.1) is 5.02 Å². The second-order valence-electron chi connectivity index (χ2n) is 7.70. The Hall–Kier alpha value is -2.32. The summed E-state index contributed by atoms with van der Waals surface area (Å²) in [7, 11) is 0. The number of nitrogens with one attached hydrogen (secondary N) is 1. The van der Waals surface area contributed by atoms with Gasteiger partial charge in [0.25, 0.3) is 5.91 Å². The molecule has 3 aromatic rings. The molecule has 0 aliphatic rings. The number of carbonyl (C=O) groups is 1. The summed E-state index contributed by atoms with van der Waals surface area (Å²) >= 11 is 7.83. The predicted molar refractivity (Wildman–Crippen MR) is 147 cm³/mol. The van der Waals surface area contributed by atoms with Crippen molar-refractivity contribution in [3.8, 4) is 0 Å². The fraction of sp³-hybridized carbons (Fsp3) is 0.261. The van der Waals surface area contributed by atoms with Crippen molar-refractivity contribution in [3.63, 3.8) is 0 Å². The van der Waals surface area contributed by atoms with Crippen molar-refractivity contribution >= 4 is 81.1 Å². The van der Waals surface area contributed by atoms with Crippen molar-refractivity contribution in [3.05, 3.63) is 63.5 Å². The highest BCUT2D eigenvalue weighted by atomic mass is 35.5. The van der Waals surface area contributed by atoms with Gasteiger partial charge in [-0.1, -0.05) is 23.7 Å². The molecule has 0 fully saturated rings. The zero-order valence-corrected chi connectivity index (χ0v) is 22.0. The highest BCUT2D eigenvalue weighted by Gasteiger charge is 2.18. The zero-order valence-electron chi connectivity index (χ0n) is 18.8. The van der Waals surface area contributed by atoms with E-state index in [9.17, 15) is 4.79 Å². The summed E-state index contributed by atoms with van der Waals surface area (Å²) < 4.78 is 0.877. The first kappa shape index (κ1) is 28.7. The molecule has 33 heavy (non-hydrogen) atoms. The number of amides is 1. The molecule has 0 aliphatic carbocycles. The van der Waals surface area contributed by atoms with E-state index in [0.29, 0.717) is 27.3 Å². The van der Waals surface area contributed by atoms with Crippen LogP contribution in [-0.4, -0.2) is 29.7 Å². The molecule has 1 amide bonds. The number of amidine groups is 2. The average Bonchev–Trinajstić information content (AvgIpc) is 3.03. The number of carbonyl (C=O) groups excluding carboxylic acids is 1. The number of aliphatic imine (C=N–C) groups is 2. The van der Waals surface area contributed by atoms with Gasteiger partial charge in [0.15, 0.2) is 0 Å². The van der Waals surface area contributed by atoms with Gasteiger partial charge in [-0.05, 0) is 58.0 Å². The molecule has 0 bridgehead atoms. The van der Waals surface area contributed by atoms with E-state index in [0.717, 1.165) is 21.2 Å². The summed E-state index contributed by atoms with van der Waals surface area (Å²) in [5.74, 6) is 0.664. The Morgan fingerprint density at radius 1 is 0.909 bits per heavy atom. The number of hydrogen-bond donors (Lipinski definition) is 3. The summed E-state index contributed by atoms with van der Waals surface area (Å²) in [6, 6.07) is 13.1. The Morgan fingerprint density at radius 2 is 1.42 bits per heavy atom. The van der Waals surface area contributed by atoms with Crippen molar-refractivity contribution in [1.82, 2.24) is 0 Å². The van der Waals surface area contributed by atoms with Gasteiger partial charge in [0, 0.05) is 39.0 Å². The number of nitrogens with two attached hydrogens (primary N) is 2. The van der Waals surface area contributed by atoms with Crippen LogP contribution in [0.1, 0.15) is 48.5 Å². The molecule has 5 N–H and O–H groups in total. The Balaban J connectivity index is 0.00000272. The van der Waals surface area contributed by atoms with E-state index in [1.54, 1.807) is 12.1 Å². The molecule has 1 heterocycles. The second-order valence-corrected chi connectivity index (χ2v) is 9.13. The maximum absolute atomic E-state index is 12.9. The summed E-state index contributed by atoms with van der Waals surface area (Å²) in [6.07, 6.45) is 0. The third-order valence-corrected chi connectivity index (χ3v) is 6.02. The van der Waals surface area contributed by atoms with E-state index in [-0.39, 0.29) is 42.8 Å². The first-order chi connectivity index (χ1) is 14.7. The summed E-state index contributed by atoms with van der Waals surface area (Å²) in [6.45, 7) is 7.86. The fourth-order valence-electron chi connectivity index (χ4n) is 2.99. The van der Waals surface area contributed by atoms with Crippen LogP contribution >= 0.6 is 47.8 Å². The van der Waals surface area contributed by atoms with Gasteiger partial charge in [0.2, 0.25) is 0 Å². The summed E-state index contributed by atoms with van der Waals surface area (Å²) in [5, 5.41) is 4.12. The molecule has 0 atom stereocenters. The lowest BCUT2D eigenvalue weighted by atomic mass is 10.1. The lowest BCUT2D eigenvalue weighted by Crippen LogP contribution is -2.16. The predicted octanol–water partition coefficient (Wildman–Crippen LogP) is 5.88. The smallest absolute Gasteiger partial charge is 0.267 e. The molecule has 1 aromatic heterocycles. The maximum atomic E-state index is 12.9. The number of rotatable bonds is 6. The van der Waals surface area contributed by atoms with E-state index in [2.05, 4.69) is 15.3 Å². The highest BCUT2D eigenvalue weighted by molar-refractivity contribution is 7.21. The van der Waals surface area contributed by atoms with Crippen LogP contribution in [0, 0.1) is 0 Å². The number of fused-ring (bicyclic) bond motifs is 1. The molecular formula is C23H28Cl3N5OS. The van der Waals surface area contributed by atoms with Crippen LogP contribution in [0.4, 0.5) is 5.69 Å². The normalized spacial score (nSPS) is 12.0. The number of anilines is 1. The van der Waals surface area contributed by atoms with Crippen LogP contribution < -0.4 is 16.8 Å². The van der Waals surface area contributed by atoms with Crippen molar-refractivity contribution in [2.75, 3.05) is 5.32 Å². The average molecular weight is 529 g/mol. The van der Waals surface area contributed by atoms with Gasteiger partial charge >= 0.3 is 0 Å². The van der Waals surface area contributed by atoms with E-state index in [1.807, 2.05) is 58.0 Å². The number of halogens is 3. The number of benzene rings is 2. The Labute approximate surface area is 215 Å². The van der Waals surface area contributed by atoms with Gasteiger partial charge in [-0.15, -0.1) is 36.2 Å². The van der Waals surface area contributed by atoms with Crippen LogP contribution in [0.3, 0.4) is 0 Å². The summed E-state index contributed by atoms with van der Waals surface area (Å²) in [4.78, 5) is 22.0. The largest absolute Gasteiger partial charge is 0.383 e. The summed E-state index contributed by atoms with van der Waals surface area (Å²) in [5.41, 5.74) is 14.3. The fourth-order valence-corrected chi connectivity index (χ4v) is 4.44. The minimum Gasteiger partial charge on any atom is -0.383 e. The van der Waals surface area contributed by atoms with E-state index < -0.39 is 0 Å². The van der Waals surface area contributed by atoms with Gasteiger partial charge in [-0.3, -0.25) is 14.8 Å². The number of thiophene rings is 1. The SMILES string of the molecule is CC(C)N=C(N)c1ccc(NC(=O)c2sc3cc(C(N)=NC(C)C)ccc3c2Cl)cc1.Cl.Cl. The molecule has 0 spiro atoms. The standard InChI is InChI=1S/C23H26ClN5OS.2ClH/c1-12(2)27-21(25)14-5-8-16(9-6-14)29-23(30)20-19(24)17-10-7-15(11-18(17)31-20)22(26)28-13(3)4;;/h5-13H,1-4H3,(H2,25,27)(H2,26,28)(H,29,30);2*1H. The molecular weight excluding hydrogens is 501 g/mol. The molecule has 0 radical (unpaired) electrons. The minimum absolute atomic E-state index is 0. The van der Waals surface area contributed by atoms with Gasteiger partial charge in [-0.2, -0.15) is 0 Å². The first-order valence-electron chi connectivity index (χ1n) is 9.96. The van der Waals surface area contributed by atoms with E-state index in [4.69, 9.17) is 23.1 Å². The van der Waals surface area contributed by atoms with E-state index >= 15 is 0 Å². The monoisotopic (exact) mass is 527 g/mol. The van der Waals surface area contributed by atoms with Gasteiger partial charge in [-0.25, -0.2) is 0 Å².